The van der Waals surface area contributed by atoms with Gasteiger partial charge >= 0.3 is 0 Å². The minimum absolute atomic E-state index is 0.0866. The number of fused-ring (bicyclic) bond motifs is 1. The number of aryl methyl sites for hydroxylation is 2. The van der Waals surface area contributed by atoms with Gasteiger partial charge < -0.3 is 19.5 Å². The number of allylic oxidation sites excluding steroid dienone is 4. The summed E-state index contributed by atoms with van der Waals surface area (Å²) in [6.45, 7) is 5.85. The number of carbonyl (C=O) groups excluding carboxylic acids is 1. The van der Waals surface area contributed by atoms with E-state index in [0.29, 0.717) is 105 Å². The Morgan fingerprint density at radius 3 is 2.43 bits per heavy atom. The van der Waals surface area contributed by atoms with Crippen LogP contribution in [0.5, 0.6) is 5.75 Å². The van der Waals surface area contributed by atoms with Gasteiger partial charge in [-0.15, -0.1) is 11.3 Å². The van der Waals surface area contributed by atoms with Gasteiger partial charge in [-0.05, 0) is 107 Å². The lowest BCUT2D eigenvalue weighted by molar-refractivity contribution is -0.443. The van der Waals surface area contributed by atoms with Gasteiger partial charge in [0, 0.05) is 59.9 Å². The highest BCUT2D eigenvalue weighted by Crippen LogP contribution is 2.56. The number of thiazole rings is 1. The van der Waals surface area contributed by atoms with E-state index in [1.54, 1.807) is 18.2 Å². The van der Waals surface area contributed by atoms with E-state index in [0.717, 1.165) is 57.7 Å². The Morgan fingerprint density at radius 1 is 0.941 bits per heavy atom. The van der Waals surface area contributed by atoms with Crippen LogP contribution in [0.4, 0.5) is 11.4 Å². The third-order valence-electron chi connectivity index (χ3n) is 13.8. The van der Waals surface area contributed by atoms with Crippen molar-refractivity contribution in [2.45, 2.75) is 118 Å². The molecule has 1 aromatic heterocycles. The fourth-order valence-electron chi connectivity index (χ4n) is 10.8. The molecule has 16 nitrogen and oxygen atoms in total. The molecule has 20 heteroatoms. The van der Waals surface area contributed by atoms with Crippen LogP contribution in [0.25, 0.3) is 10.2 Å². The number of nitrogens with one attached hydrogen (secondary N) is 1. The Balaban J connectivity index is 1.00. The van der Waals surface area contributed by atoms with Crippen molar-refractivity contribution in [2.75, 3.05) is 36.9 Å². The second-order valence-corrected chi connectivity index (χ2v) is 23.7. The fraction of sp³-hybridized carbons (Fsp3) is 0.458. The zero-order valence-electron chi connectivity index (χ0n) is 38.0. The first-order valence-electron chi connectivity index (χ1n) is 23.0. The maximum absolute atomic E-state index is 13.1. The number of aromatic nitrogens is 1. The molecule has 0 fully saturated rings. The van der Waals surface area contributed by atoms with Gasteiger partial charge in [-0.25, -0.2) is 13.4 Å². The Hall–Kier alpha value is -5.01. The number of unbranched alkanes of at least 4 members (excludes halogenated alkanes) is 3. The molecule has 68 heavy (non-hydrogen) atoms. The summed E-state index contributed by atoms with van der Waals surface area (Å²) in [5.74, 6) is 0.114. The summed E-state index contributed by atoms with van der Waals surface area (Å²) in [6.07, 6.45) is 12.7. The first-order valence-corrected chi connectivity index (χ1v) is 28.2. The van der Waals surface area contributed by atoms with Gasteiger partial charge in [0.15, 0.2) is 10.7 Å². The zero-order chi connectivity index (χ0) is 48.6. The van der Waals surface area contributed by atoms with Crippen LogP contribution < -0.4 is 15.0 Å². The quantitative estimate of drug-likeness (QED) is 0.0444. The van der Waals surface area contributed by atoms with Crippen LogP contribution in [-0.2, 0) is 58.8 Å². The topological polar surface area (TPSA) is 247 Å². The Bertz CT molecular complexity index is 3160. The molecule has 0 spiro atoms. The third-order valence-corrected chi connectivity index (χ3v) is 17.3. The average molecular weight is 1010 g/mol. The summed E-state index contributed by atoms with van der Waals surface area (Å²) in [7, 11) is -13.8. The van der Waals surface area contributed by atoms with Gasteiger partial charge in [0.2, 0.25) is 11.6 Å². The van der Waals surface area contributed by atoms with Gasteiger partial charge in [0.1, 0.15) is 33.4 Å². The summed E-state index contributed by atoms with van der Waals surface area (Å²) in [6, 6.07) is 13.8. The van der Waals surface area contributed by atoms with Crippen LogP contribution in [0.15, 0.2) is 76.2 Å². The third kappa shape index (κ3) is 10.0. The number of rotatable bonds is 20. The number of nitrogens with zero attached hydrogens (tertiary/aromatic N) is 4. The lowest BCUT2D eigenvalue weighted by atomic mass is 9.74. The van der Waals surface area contributed by atoms with Crippen molar-refractivity contribution >= 4 is 74.9 Å². The van der Waals surface area contributed by atoms with Gasteiger partial charge in [-0.1, -0.05) is 37.5 Å². The monoisotopic (exact) mass is 1010 g/mol. The van der Waals surface area contributed by atoms with Crippen molar-refractivity contribution in [2.24, 2.45) is 0 Å². The number of ether oxygens (including phenoxy) is 1. The van der Waals surface area contributed by atoms with Crippen LogP contribution >= 0.6 is 11.3 Å². The number of hydrogen-bond acceptors (Lipinski definition) is 13. The summed E-state index contributed by atoms with van der Waals surface area (Å²) in [4.78, 5) is 18.7. The van der Waals surface area contributed by atoms with E-state index in [4.69, 9.17) is 10.00 Å². The van der Waals surface area contributed by atoms with Crippen LogP contribution in [0.2, 0.25) is 0 Å². The first-order chi connectivity index (χ1) is 32.2. The highest BCUT2D eigenvalue weighted by molar-refractivity contribution is 7.86. The molecule has 0 aliphatic carbocycles. The minimum atomic E-state index is -4.92. The molecule has 2 atom stereocenters. The molecule has 5 heterocycles. The van der Waals surface area contributed by atoms with Crippen LogP contribution in [-0.4, -0.2) is 92.1 Å². The maximum Gasteiger partial charge on any atom is 0.295 e. The molecule has 0 radical (unpaired) electrons. The second kappa shape index (κ2) is 19.4. The molecule has 0 bridgehead atoms. The highest BCUT2D eigenvalue weighted by Gasteiger charge is 2.53. The van der Waals surface area contributed by atoms with Crippen molar-refractivity contribution in [3.05, 3.63) is 93.7 Å². The van der Waals surface area contributed by atoms with E-state index in [2.05, 4.69) is 25.8 Å². The molecule has 0 saturated heterocycles. The molecule has 0 saturated carbocycles. The molecule has 4 aliphatic rings. The molecule has 2 unspecified atom stereocenters. The van der Waals surface area contributed by atoms with E-state index in [1.165, 1.54) is 23.5 Å². The zero-order valence-corrected chi connectivity index (χ0v) is 41.3. The Labute approximate surface area is 401 Å². The summed E-state index contributed by atoms with van der Waals surface area (Å²) in [5, 5.41) is 12.5. The molecule has 4 aromatic rings. The number of anilines is 1. The number of carbonyl (C=O) groups is 1. The molecule has 8 rings (SSSR count). The van der Waals surface area contributed by atoms with E-state index >= 15 is 0 Å². The number of amides is 1. The molecule has 1 amide bonds. The van der Waals surface area contributed by atoms with Crippen molar-refractivity contribution < 1.29 is 53.0 Å². The molecule has 3 N–H and O–H groups in total. The van der Waals surface area contributed by atoms with Gasteiger partial charge in [0.05, 0.1) is 38.5 Å². The summed E-state index contributed by atoms with van der Waals surface area (Å²) < 4.78 is 117. The molecule has 362 valence electrons. The SMILES string of the molecule is CC1(CCCCCC(=O)NCCCOc2ccc3nc(C#N)sc3c2)C(/C=C/C=C2/N3CCCc4ccc(S(=O)(=O)[O-])c(c43)C2(C)CCCCS(=O)(=O)O)=[N+]2CCCc3ccc(S(=O)(=O)O)c1c32. The standard InChI is InChI=1S/C48H55N5O11S4/c1-47(23-5-3-4-16-41(54)50-25-11-28-64-34-19-20-35-36(30-34)65-42(31-49)51-35)39(52-26-9-12-32-17-21-37(67(58,59)60)43(47)45(32)52)14-8-15-40-48(2,24-6-7-29-66(55,56)57)44-38(68(61,62)63)22-18-33-13-10-27-53(40)46(33)44/h8,14-15,17-22,30H,3-7,9-13,16,23-29H2,1-2H3,(H3-,50,54,55,56,57,58,59,60,61,62,63). The lowest BCUT2D eigenvalue weighted by Crippen LogP contribution is -2.33. The summed E-state index contributed by atoms with van der Waals surface area (Å²) in [5.41, 5.74) is 4.63. The molecule has 4 aliphatic heterocycles. The summed E-state index contributed by atoms with van der Waals surface area (Å²) >= 11 is 1.30. The van der Waals surface area contributed by atoms with Crippen LogP contribution in [0.3, 0.4) is 0 Å². The number of benzene rings is 3. The number of nitriles is 1. The predicted octanol–water partition coefficient (Wildman–Crippen LogP) is 7.38. The smallest absolute Gasteiger partial charge is 0.295 e. The number of hydrogen-bond donors (Lipinski definition) is 3. The van der Waals surface area contributed by atoms with Crippen molar-refractivity contribution in [3.8, 4) is 11.8 Å². The molecular formula is C48H55N5O11S4. The van der Waals surface area contributed by atoms with Gasteiger partial charge in [0.25, 0.3) is 20.2 Å². The van der Waals surface area contributed by atoms with E-state index < -0.39 is 46.9 Å². The fourth-order valence-corrected chi connectivity index (χ4v) is 13.7. The highest BCUT2D eigenvalue weighted by atomic mass is 32.2. The van der Waals surface area contributed by atoms with Crippen molar-refractivity contribution in [1.29, 1.82) is 5.26 Å². The van der Waals surface area contributed by atoms with Gasteiger partial charge in [-0.3, -0.25) is 13.9 Å². The van der Waals surface area contributed by atoms with E-state index in [9.17, 15) is 43.7 Å². The average Bonchev–Trinajstić information content (AvgIpc) is 3.89. The molecular weight excluding hydrogens is 951 g/mol. The lowest BCUT2D eigenvalue weighted by Gasteiger charge is -2.32. The predicted molar refractivity (Wildman–Crippen MR) is 257 cm³/mol. The normalized spacial score (nSPS) is 20.6. The minimum Gasteiger partial charge on any atom is -0.744 e. The van der Waals surface area contributed by atoms with E-state index in [1.807, 2.05) is 44.2 Å². The van der Waals surface area contributed by atoms with Crippen LogP contribution in [0, 0.1) is 11.3 Å². The second-order valence-electron chi connectivity index (χ2n) is 18.4. The van der Waals surface area contributed by atoms with Crippen molar-refractivity contribution in [3.63, 3.8) is 0 Å². The first kappa shape index (κ1) is 49.4. The van der Waals surface area contributed by atoms with Gasteiger partial charge in [-0.2, -0.15) is 26.7 Å². The Morgan fingerprint density at radius 2 is 1.68 bits per heavy atom. The maximum atomic E-state index is 13.1. The van der Waals surface area contributed by atoms with Crippen molar-refractivity contribution in [1.82, 2.24) is 10.3 Å². The Kier molecular flexibility index (Phi) is 14.1. The van der Waals surface area contributed by atoms with Crippen LogP contribution in [0.1, 0.15) is 112 Å². The largest absolute Gasteiger partial charge is 0.744 e. The molecule has 3 aromatic carbocycles. The van der Waals surface area contributed by atoms with E-state index in [-0.39, 0.29) is 28.5 Å².